The lowest BCUT2D eigenvalue weighted by molar-refractivity contribution is -0.137. The van der Waals surface area contributed by atoms with Gasteiger partial charge in [0.05, 0.1) is 22.2 Å². The lowest BCUT2D eigenvalue weighted by Gasteiger charge is -2.31. The van der Waals surface area contributed by atoms with E-state index in [1.165, 1.54) is 16.7 Å². The molecule has 6 rings (SSSR count). The van der Waals surface area contributed by atoms with E-state index in [9.17, 15) is 32.3 Å². The van der Waals surface area contributed by atoms with Crippen molar-refractivity contribution >= 4 is 46.5 Å². The van der Waals surface area contributed by atoms with Crippen molar-refractivity contribution in [3.8, 4) is 0 Å². The average Bonchev–Trinajstić information content (AvgIpc) is 3.39. The SMILES string of the molecule is O=C(Cn1c2c(sc1=O)[C@@H](c1ccccc1)[C@H]1C(=O)N(c3cccc(C(F)(F)F)c3)C(=O)[C@H]1S2)N1CCCCC1. The Balaban J connectivity index is 1.42. The molecular formula is C28H24F3N3O4S2. The van der Waals surface area contributed by atoms with E-state index in [-0.39, 0.29) is 23.0 Å². The van der Waals surface area contributed by atoms with Crippen LogP contribution in [0.15, 0.2) is 64.4 Å². The second-order valence-corrected chi connectivity index (χ2v) is 12.2. The first-order valence-electron chi connectivity index (χ1n) is 12.9. The van der Waals surface area contributed by atoms with Gasteiger partial charge in [-0.1, -0.05) is 59.5 Å². The minimum absolute atomic E-state index is 0.146. The number of carbonyl (C=O) groups is 3. The van der Waals surface area contributed by atoms with E-state index in [0.717, 1.165) is 59.4 Å². The number of benzene rings is 2. The van der Waals surface area contributed by atoms with Crippen LogP contribution in [0, 0.1) is 5.92 Å². The predicted molar refractivity (Wildman–Crippen MR) is 144 cm³/mol. The molecule has 0 radical (unpaired) electrons. The summed E-state index contributed by atoms with van der Waals surface area (Å²) >= 11 is 2.00. The molecule has 0 unspecified atom stereocenters. The molecule has 3 amide bonds. The summed E-state index contributed by atoms with van der Waals surface area (Å²) in [5, 5.41) is -0.507. The van der Waals surface area contributed by atoms with Gasteiger partial charge < -0.3 is 4.90 Å². The number of alkyl halides is 3. The summed E-state index contributed by atoms with van der Waals surface area (Å²) in [6, 6.07) is 13.2. The minimum Gasteiger partial charge on any atom is -0.341 e. The Bertz CT molecular complexity index is 1550. The maximum Gasteiger partial charge on any atom is 0.416 e. The Morgan fingerprint density at radius 1 is 0.925 bits per heavy atom. The zero-order chi connectivity index (χ0) is 28.2. The van der Waals surface area contributed by atoms with Gasteiger partial charge in [-0.2, -0.15) is 13.2 Å². The van der Waals surface area contributed by atoms with Crippen LogP contribution in [0.25, 0.3) is 0 Å². The standard InChI is InChI=1S/C28H24F3N3O4S2/c29-28(30,31)17-10-7-11-18(14-17)34-24(36)21-20(16-8-3-1-4-9-16)23-26(39-22(21)25(34)37)33(27(38)40-23)15-19(35)32-12-5-2-6-13-32/h1,3-4,7-11,14,20-22H,2,5-6,12-13,15H2/t20-,21+,22-/m0/s1. The summed E-state index contributed by atoms with van der Waals surface area (Å²) in [4.78, 5) is 56.7. The van der Waals surface area contributed by atoms with Crippen LogP contribution in [0.5, 0.6) is 0 Å². The van der Waals surface area contributed by atoms with Crippen LogP contribution in [-0.2, 0) is 27.1 Å². The highest BCUT2D eigenvalue weighted by molar-refractivity contribution is 8.00. The summed E-state index contributed by atoms with van der Waals surface area (Å²) in [6.07, 6.45) is -1.79. The Morgan fingerprint density at radius 2 is 1.65 bits per heavy atom. The molecule has 4 heterocycles. The zero-order valence-corrected chi connectivity index (χ0v) is 22.7. The van der Waals surface area contributed by atoms with E-state index in [0.29, 0.717) is 28.6 Å². The minimum atomic E-state index is -4.64. The topological polar surface area (TPSA) is 79.7 Å². The Hall–Kier alpha value is -3.38. The number of piperidine rings is 1. The summed E-state index contributed by atoms with van der Waals surface area (Å²) in [6.45, 7) is 1.09. The number of hydrogen-bond acceptors (Lipinski definition) is 6. The number of thiazole rings is 1. The van der Waals surface area contributed by atoms with Crippen LogP contribution in [0.2, 0.25) is 0 Å². The molecule has 3 aliphatic rings. The number of fused-ring (bicyclic) bond motifs is 2. The van der Waals surface area contributed by atoms with Gasteiger partial charge in [0.25, 0.3) is 0 Å². The summed E-state index contributed by atoms with van der Waals surface area (Å²) < 4.78 is 41.7. The van der Waals surface area contributed by atoms with Crippen molar-refractivity contribution in [1.29, 1.82) is 0 Å². The Morgan fingerprint density at radius 3 is 2.35 bits per heavy atom. The Labute approximate surface area is 235 Å². The van der Waals surface area contributed by atoms with E-state index in [1.807, 2.05) is 0 Å². The largest absolute Gasteiger partial charge is 0.416 e. The number of nitrogens with zero attached hydrogens (tertiary/aromatic N) is 3. The lowest BCUT2D eigenvalue weighted by atomic mass is 9.83. The van der Waals surface area contributed by atoms with Gasteiger partial charge in [0.15, 0.2) is 0 Å². The van der Waals surface area contributed by atoms with E-state index in [1.54, 1.807) is 35.2 Å². The van der Waals surface area contributed by atoms with Crippen LogP contribution in [0.4, 0.5) is 18.9 Å². The number of amides is 3. The summed E-state index contributed by atoms with van der Waals surface area (Å²) in [5.41, 5.74) is -0.397. The van der Waals surface area contributed by atoms with E-state index < -0.39 is 40.6 Å². The third kappa shape index (κ3) is 4.56. The molecule has 0 saturated carbocycles. The number of rotatable bonds is 4. The van der Waals surface area contributed by atoms with Crippen molar-refractivity contribution in [3.05, 3.63) is 80.3 Å². The quantitative estimate of drug-likeness (QED) is 0.413. The van der Waals surface area contributed by atoms with Crippen molar-refractivity contribution < 1.29 is 27.6 Å². The van der Waals surface area contributed by atoms with Crippen LogP contribution in [-0.4, -0.2) is 45.5 Å². The van der Waals surface area contributed by atoms with E-state index in [4.69, 9.17) is 0 Å². The molecule has 0 N–H and O–H groups in total. The molecule has 40 heavy (non-hydrogen) atoms. The molecular weight excluding hydrogens is 563 g/mol. The molecule has 208 valence electrons. The van der Waals surface area contributed by atoms with Gasteiger partial charge in [-0.15, -0.1) is 0 Å². The number of imide groups is 1. The first-order valence-corrected chi connectivity index (χ1v) is 14.6. The van der Waals surface area contributed by atoms with Crippen LogP contribution in [0.1, 0.15) is 41.2 Å². The average molecular weight is 588 g/mol. The van der Waals surface area contributed by atoms with Gasteiger partial charge in [0.2, 0.25) is 17.7 Å². The molecule has 0 spiro atoms. The van der Waals surface area contributed by atoms with E-state index in [2.05, 4.69) is 0 Å². The zero-order valence-electron chi connectivity index (χ0n) is 21.1. The first-order chi connectivity index (χ1) is 19.1. The van der Waals surface area contributed by atoms with Crippen molar-refractivity contribution in [2.75, 3.05) is 18.0 Å². The smallest absolute Gasteiger partial charge is 0.341 e. The number of aromatic nitrogens is 1. The molecule has 3 atom stereocenters. The molecule has 2 saturated heterocycles. The van der Waals surface area contributed by atoms with Crippen molar-refractivity contribution in [1.82, 2.24) is 9.47 Å². The molecule has 1 aromatic heterocycles. The summed E-state index contributed by atoms with van der Waals surface area (Å²) in [7, 11) is 0. The van der Waals surface area contributed by atoms with Crippen LogP contribution < -0.4 is 9.77 Å². The molecule has 0 aliphatic carbocycles. The number of thioether (sulfide) groups is 1. The van der Waals surface area contributed by atoms with Gasteiger partial charge in [0.1, 0.15) is 11.8 Å². The summed E-state index contributed by atoms with van der Waals surface area (Å²) in [5.74, 6) is -3.03. The molecule has 12 heteroatoms. The number of carbonyl (C=O) groups excluding carboxylic acids is 3. The van der Waals surface area contributed by atoms with E-state index >= 15 is 0 Å². The molecule has 0 bridgehead atoms. The van der Waals surface area contributed by atoms with Crippen LogP contribution in [0.3, 0.4) is 0 Å². The van der Waals surface area contributed by atoms with Crippen LogP contribution >= 0.6 is 23.1 Å². The number of anilines is 1. The third-order valence-corrected chi connectivity index (χ3v) is 10.2. The van der Waals surface area contributed by atoms with Gasteiger partial charge in [0, 0.05) is 23.9 Å². The molecule has 2 aromatic carbocycles. The second-order valence-electron chi connectivity index (χ2n) is 10.1. The fraction of sp³-hybridized carbons (Fsp3) is 0.357. The van der Waals surface area contributed by atoms with Crippen molar-refractivity contribution in [3.63, 3.8) is 0 Å². The molecule has 7 nitrogen and oxygen atoms in total. The fourth-order valence-corrected chi connectivity index (χ4v) is 8.50. The van der Waals surface area contributed by atoms with Gasteiger partial charge in [-0.25, -0.2) is 4.90 Å². The maximum atomic E-state index is 13.9. The third-order valence-electron chi connectivity index (χ3n) is 7.64. The van der Waals surface area contributed by atoms with Gasteiger partial charge >= 0.3 is 11.0 Å². The monoisotopic (exact) mass is 587 g/mol. The maximum absolute atomic E-state index is 13.9. The highest BCUT2D eigenvalue weighted by Crippen LogP contribution is 2.54. The van der Waals surface area contributed by atoms with Crippen molar-refractivity contribution in [2.45, 2.75) is 48.2 Å². The lowest BCUT2D eigenvalue weighted by Crippen LogP contribution is -2.39. The van der Waals surface area contributed by atoms with Gasteiger partial charge in [-0.3, -0.25) is 23.7 Å². The predicted octanol–water partition coefficient (Wildman–Crippen LogP) is 4.74. The number of halogens is 3. The second kappa shape index (κ2) is 10.2. The number of hydrogen-bond donors (Lipinski definition) is 0. The normalized spacial score (nSPS) is 22.8. The molecule has 3 aromatic rings. The highest BCUT2D eigenvalue weighted by Gasteiger charge is 2.57. The molecule has 2 fully saturated rings. The van der Waals surface area contributed by atoms with Crippen molar-refractivity contribution in [2.24, 2.45) is 5.92 Å². The fourth-order valence-electron chi connectivity index (χ4n) is 5.73. The Kier molecular flexibility index (Phi) is 6.86. The molecule has 3 aliphatic heterocycles. The number of likely N-dealkylation sites (tertiary alicyclic amines) is 1. The highest BCUT2D eigenvalue weighted by atomic mass is 32.2. The van der Waals surface area contributed by atoms with Gasteiger partial charge in [-0.05, 0) is 43.0 Å². The first kappa shape index (κ1) is 26.8.